The molecular formula is C9H18O4. The van der Waals surface area contributed by atoms with E-state index in [-0.39, 0.29) is 6.10 Å². The molecule has 78 valence electrons. The number of rotatable bonds is 8. The van der Waals surface area contributed by atoms with Crippen LogP contribution in [-0.2, 0) is 18.9 Å². The van der Waals surface area contributed by atoms with Crippen LogP contribution in [0.25, 0.3) is 0 Å². The smallest absolute Gasteiger partial charge is 0.104 e. The third kappa shape index (κ3) is 5.99. The molecule has 2 unspecified atom stereocenters. The van der Waals surface area contributed by atoms with Crippen LogP contribution < -0.4 is 0 Å². The van der Waals surface area contributed by atoms with E-state index in [1.165, 1.54) is 0 Å². The van der Waals surface area contributed by atoms with Gasteiger partial charge in [-0.15, -0.1) is 0 Å². The quantitative estimate of drug-likeness (QED) is 0.411. The fourth-order valence-electron chi connectivity index (χ4n) is 0.876. The molecule has 2 atom stereocenters. The maximum atomic E-state index is 5.46. The molecule has 13 heavy (non-hydrogen) atoms. The van der Waals surface area contributed by atoms with E-state index in [1.54, 1.807) is 7.11 Å². The molecule has 0 amide bonds. The van der Waals surface area contributed by atoms with Gasteiger partial charge >= 0.3 is 0 Å². The summed E-state index contributed by atoms with van der Waals surface area (Å²) in [5.41, 5.74) is 0. The van der Waals surface area contributed by atoms with Crippen LogP contribution in [0, 0.1) is 0 Å². The number of methoxy groups -OCH3 is 1. The van der Waals surface area contributed by atoms with E-state index >= 15 is 0 Å². The number of hydrogen-bond acceptors (Lipinski definition) is 4. The lowest BCUT2D eigenvalue weighted by molar-refractivity contribution is -0.0224. The summed E-state index contributed by atoms with van der Waals surface area (Å²) in [6, 6.07) is 0. The van der Waals surface area contributed by atoms with Crippen molar-refractivity contribution in [2.24, 2.45) is 0 Å². The van der Waals surface area contributed by atoms with Crippen molar-refractivity contribution in [3.05, 3.63) is 0 Å². The fraction of sp³-hybridized carbons (Fsp3) is 1.00. The standard InChI is InChI=1S/C9H18O4/c1-8(5-11-4-3-10-2)12-6-9-7-13-9/h8-9H,3-7H2,1-2H3. The van der Waals surface area contributed by atoms with Crippen LogP contribution in [0.3, 0.4) is 0 Å². The van der Waals surface area contributed by atoms with E-state index in [4.69, 9.17) is 18.9 Å². The van der Waals surface area contributed by atoms with Crippen molar-refractivity contribution >= 4 is 0 Å². The van der Waals surface area contributed by atoms with Gasteiger partial charge in [0.1, 0.15) is 6.10 Å². The highest BCUT2D eigenvalue weighted by Gasteiger charge is 2.23. The van der Waals surface area contributed by atoms with Crippen molar-refractivity contribution < 1.29 is 18.9 Å². The van der Waals surface area contributed by atoms with Crippen LogP contribution in [0.15, 0.2) is 0 Å². The van der Waals surface area contributed by atoms with Crippen LogP contribution >= 0.6 is 0 Å². The summed E-state index contributed by atoms with van der Waals surface area (Å²) in [7, 11) is 1.66. The Hall–Kier alpha value is -0.160. The summed E-state index contributed by atoms with van der Waals surface area (Å²) >= 11 is 0. The molecule has 0 aromatic carbocycles. The molecule has 1 aliphatic rings. The monoisotopic (exact) mass is 190 g/mol. The number of hydrogen-bond donors (Lipinski definition) is 0. The molecule has 0 N–H and O–H groups in total. The molecule has 0 aromatic rings. The Balaban J connectivity index is 1.81. The van der Waals surface area contributed by atoms with E-state index < -0.39 is 0 Å². The lowest BCUT2D eigenvalue weighted by Crippen LogP contribution is -2.19. The largest absolute Gasteiger partial charge is 0.382 e. The minimum absolute atomic E-state index is 0.140. The Morgan fingerprint density at radius 1 is 1.46 bits per heavy atom. The lowest BCUT2D eigenvalue weighted by Gasteiger charge is -2.12. The minimum Gasteiger partial charge on any atom is -0.382 e. The summed E-state index contributed by atoms with van der Waals surface area (Å²) in [5.74, 6) is 0. The normalized spacial score (nSPS) is 23.1. The third-order valence-corrected chi connectivity index (χ3v) is 1.75. The van der Waals surface area contributed by atoms with Gasteiger partial charge in [-0.2, -0.15) is 0 Å². The zero-order valence-electron chi connectivity index (χ0n) is 8.32. The molecule has 1 rings (SSSR count). The first-order chi connectivity index (χ1) is 6.33. The van der Waals surface area contributed by atoms with Gasteiger partial charge in [0.15, 0.2) is 0 Å². The van der Waals surface area contributed by atoms with Crippen LogP contribution in [0.1, 0.15) is 6.92 Å². The maximum Gasteiger partial charge on any atom is 0.104 e. The van der Waals surface area contributed by atoms with Crippen LogP contribution in [0.4, 0.5) is 0 Å². The van der Waals surface area contributed by atoms with Crippen molar-refractivity contribution in [2.75, 3.05) is 40.1 Å². The maximum absolute atomic E-state index is 5.46. The number of epoxide rings is 1. The van der Waals surface area contributed by atoms with E-state index in [9.17, 15) is 0 Å². The lowest BCUT2D eigenvalue weighted by atomic mass is 10.4. The van der Waals surface area contributed by atoms with Gasteiger partial charge in [-0.25, -0.2) is 0 Å². The first-order valence-corrected chi connectivity index (χ1v) is 4.63. The SMILES string of the molecule is COCCOCC(C)OCC1CO1. The highest BCUT2D eigenvalue weighted by atomic mass is 16.6. The summed E-state index contributed by atoms with van der Waals surface area (Å²) in [6.07, 6.45) is 0.475. The second-order valence-electron chi connectivity index (χ2n) is 3.17. The van der Waals surface area contributed by atoms with Gasteiger partial charge in [0.05, 0.1) is 39.1 Å². The third-order valence-electron chi connectivity index (χ3n) is 1.75. The Bertz CT molecular complexity index is 125. The van der Waals surface area contributed by atoms with Crippen molar-refractivity contribution in [3.8, 4) is 0 Å². The van der Waals surface area contributed by atoms with Gasteiger partial charge < -0.3 is 18.9 Å². The van der Waals surface area contributed by atoms with Crippen LogP contribution in [-0.4, -0.2) is 52.4 Å². The van der Waals surface area contributed by atoms with Gasteiger partial charge in [-0.1, -0.05) is 0 Å². The first kappa shape index (κ1) is 10.9. The predicted molar refractivity (Wildman–Crippen MR) is 47.8 cm³/mol. The second-order valence-corrected chi connectivity index (χ2v) is 3.17. The summed E-state index contributed by atoms with van der Waals surface area (Å²) in [4.78, 5) is 0. The van der Waals surface area contributed by atoms with Crippen molar-refractivity contribution in [2.45, 2.75) is 19.1 Å². The molecule has 0 spiro atoms. The van der Waals surface area contributed by atoms with Crippen molar-refractivity contribution in [1.29, 1.82) is 0 Å². The minimum atomic E-state index is 0.140. The Kier molecular flexibility index (Phi) is 5.31. The second kappa shape index (κ2) is 6.32. The molecule has 1 heterocycles. The summed E-state index contributed by atoms with van der Waals surface area (Å²) in [5, 5.41) is 0. The molecular weight excluding hydrogens is 172 g/mol. The van der Waals surface area contributed by atoms with Gasteiger partial charge in [0, 0.05) is 7.11 Å². The Labute approximate surface area is 79.1 Å². The van der Waals surface area contributed by atoms with E-state index in [0.29, 0.717) is 32.5 Å². The summed E-state index contributed by atoms with van der Waals surface area (Å²) in [6.45, 7) is 5.42. The van der Waals surface area contributed by atoms with E-state index in [0.717, 1.165) is 6.61 Å². The van der Waals surface area contributed by atoms with Gasteiger partial charge in [-0.05, 0) is 6.92 Å². The molecule has 1 saturated heterocycles. The highest BCUT2D eigenvalue weighted by molar-refractivity contribution is 4.68. The molecule has 4 nitrogen and oxygen atoms in total. The zero-order valence-corrected chi connectivity index (χ0v) is 8.32. The van der Waals surface area contributed by atoms with Gasteiger partial charge in [0.2, 0.25) is 0 Å². The van der Waals surface area contributed by atoms with Gasteiger partial charge in [0.25, 0.3) is 0 Å². The average Bonchev–Trinajstić information content (AvgIpc) is 2.92. The van der Waals surface area contributed by atoms with Crippen LogP contribution in [0.5, 0.6) is 0 Å². The molecule has 0 saturated carbocycles. The Morgan fingerprint density at radius 3 is 2.85 bits per heavy atom. The molecule has 0 aromatic heterocycles. The molecule has 1 aliphatic heterocycles. The predicted octanol–water partition coefficient (Wildman–Crippen LogP) is 0.453. The first-order valence-electron chi connectivity index (χ1n) is 4.63. The molecule has 0 aliphatic carbocycles. The molecule has 0 radical (unpaired) electrons. The van der Waals surface area contributed by atoms with E-state index in [2.05, 4.69) is 0 Å². The highest BCUT2D eigenvalue weighted by Crippen LogP contribution is 2.09. The average molecular weight is 190 g/mol. The fourth-order valence-corrected chi connectivity index (χ4v) is 0.876. The number of ether oxygens (including phenoxy) is 4. The van der Waals surface area contributed by atoms with E-state index in [1.807, 2.05) is 6.92 Å². The molecule has 1 fully saturated rings. The van der Waals surface area contributed by atoms with Crippen molar-refractivity contribution in [1.82, 2.24) is 0 Å². The summed E-state index contributed by atoms with van der Waals surface area (Å²) < 4.78 is 20.6. The van der Waals surface area contributed by atoms with Gasteiger partial charge in [-0.3, -0.25) is 0 Å². The van der Waals surface area contributed by atoms with Crippen LogP contribution in [0.2, 0.25) is 0 Å². The molecule has 0 bridgehead atoms. The zero-order chi connectivity index (χ0) is 9.52. The van der Waals surface area contributed by atoms with Crippen molar-refractivity contribution in [3.63, 3.8) is 0 Å². The topological polar surface area (TPSA) is 40.2 Å². The molecule has 4 heteroatoms. The Morgan fingerprint density at radius 2 is 2.23 bits per heavy atom.